The van der Waals surface area contributed by atoms with Crippen LogP contribution in [0.5, 0.6) is 0 Å². The Morgan fingerprint density at radius 3 is 2.38 bits per heavy atom. The number of rotatable bonds is 3. The fourth-order valence-electron chi connectivity index (χ4n) is 1.12. The zero-order valence-electron chi connectivity index (χ0n) is 7.95. The molecule has 1 rings (SSSR count). The van der Waals surface area contributed by atoms with Gasteiger partial charge in [0.25, 0.3) is 0 Å². The van der Waals surface area contributed by atoms with Crippen LogP contribution < -0.4 is 0 Å². The Kier molecular flexibility index (Phi) is 3.77. The SMILES string of the molecule is CC(=S)CC(C)=Nc1ccccc1. The molecule has 0 aliphatic heterocycles. The Labute approximate surface area is 84.5 Å². The van der Waals surface area contributed by atoms with Crippen LogP contribution in [0.2, 0.25) is 0 Å². The summed E-state index contributed by atoms with van der Waals surface area (Å²) in [6.07, 6.45) is 0.810. The lowest BCUT2D eigenvalue weighted by atomic mass is 10.2. The molecule has 0 aromatic heterocycles. The van der Waals surface area contributed by atoms with Crippen LogP contribution in [0.4, 0.5) is 5.69 Å². The van der Waals surface area contributed by atoms with Gasteiger partial charge < -0.3 is 0 Å². The quantitative estimate of drug-likeness (QED) is 0.525. The van der Waals surface area contributed by atoms with Crippen LogP contribution in [0.1, 0.15) is 20.3 Å². The summed E-state index contributed by atoms with van der Waals surface area (Å²) in [5.41, 5.74) is 2.06. The predicted octanol–water partition coefficient (Wildman–Crippen LogP) is 3.56. The van der Waals surface area contributed by atoms with E-state index in [1.165, 1.54) is 0 Å². The molecule has 0 radical (unpaired) electrons. The first-order valence-corrected chi connectivity index (χ1v) is 4.68. The van der Waals surface area contributed by atoms with Gasteiger partial charge in [-0.15, -0.1) is 0 Å². The monoisotopic (exact) mass is 191 g/mol. The molecule has 68 valence electrons. The van der Waals surface area contributed by atoms with E-state index < -0.39 is 0 Å². The highest BCUT2D eigenvalue weighted by Gasteiger charge is 1.93. The van der Waals surface area contributed by atoms with Crippen molar-refractivity contribution in [3.63, 3.8) is 0 Å². The molecule has 1 aromatic carbocycles. The zero-order valence-corrected chi connectivity index (χ0v) is 8.77. The van der Waals surface area contributed by atoms with Gasteiger partial charge in [0.05, 0.1) is 5.69 Å². The van der Waals surface area contributed by atoms with Crippen molar-refractivity contribution < 1.29 is 0 Å². The van der Waals surface area contributed by atoms with Crippen LogP contribution in [0, 0.1) is 0 Å². The van der Waals surface area contributed by atoms with E-state index in [2.05, 4.69) is 4.99 Å². The van der Waals surface area contributed by atoms with Crippen LogP contribution >= 0.6 is 12.2 Å². The van der Waals surface area contributed by atoms with Crippen molar-refractivity contribution in [2.75, 3.05) is 0 Å². The summed E-state index contributed by atoms with van der Waals surface area (Å²) in [5.74, 6) is 0. The molecular weight excluding hydrogens is 178 g/mol. The van der Waals surface area contributed by atoms with Crippen LogP contribution in [0.3, 0.4) is 0 Å². The van der Waals surface area contributed by atoms with Gasteiger partial charge in [-0.25, -0.2) is 0 Å². The average Bonchev–Trinajstić information content (AvgIpc) is 2.04. The highest BCUT2D eigenvalue weighted by molar-refractivity contribution is 7.80. The Morgan fingerprint density at radius 1 is 1.23 bits per heavy atom. The van der Waals surface area contributed by atoms with Gasteiger partial charge in [-0.1, -0.05) is 30.4 Å². The molecule has 0 unspecified atom stereocenters. The number of thiocarbonyl (C=S) groups is 1. The Hall–Kier alpha value is -1.02. The zero-order chi connectivity index (χ0) is 9.68. The lowest BCUT2D eigenvalue weighted by Crippen LogP contribution is -1.96. The maximum Gasteiger partial charge on any atom is 0.0629 e. The molecule has 0 N–H and O–H groups in total. The molecule has 0 saturated carbocycles. The molecule has 0 saturated heterocycles. The lowest BCUT2D eigenvalue weighted by molar-refractivity contribution is 1.42. The van der Waals surface area contributed by atoms with Gasteiger partial charge in [0.1, 0.15) is 0 Å². The minimum Gasteiger partial charge on any atom is -0.258 e. The molecule has 0 atom stereocenters. The molecule has 2 heteroatoms. The van der Waals surface area contributed by atoms with Gasteiger partial charge in [0, 0.05) is 12.1 Å². The van der Waals surface area contributed by atoms with Gasteiger partial charge in [0.2, 0.25) is 0 Å². The summed E-state index contributed by atoms with van der Waals surface area (Å²) in [7, 11) is 0. The van der Waals surface area contributed by atoms with Crippen LogP contribution in [-0.2, 0) is 0 Å². The van der Waals surface area contributed by atoms with Crippen molar-refractivity contribution in [2.45, 2.75) is 20.3 Å². The Morgan fingerprint density at radius 2 is 1.85 bits per heavy atom. The third kappa shape index (κ3) is 3.95. The summed E-state index contributed by atoms with van der Waals surface area (Å²) in [6, 6.07) is 9.93. The first-order chi connectivity index (χ1) is 6.18. The van der Waals surface area contributed by atoms with Gasteiger partial charge in [0.15, 0.2) is 0 Å². The summed E-state index contributed by atoms with van der Waals surface area (Å²) in [6.45, 7) is 3.95. The average molecular weight is 191 g/mol. The molecule has 1 aromatic rings. The predicted molar refractivity (Wildman–Crippen MR) is 62.1 cm³/mol. The van der Waals surface area contributed by atoms with Crippen molar-refractivity contribution in [3.05, 3.63) is 30.3 Å². The Bertz CT molecular complexity index is 314. The van der Waals surface area contributed by atoms with Crippen LogP contribution in [-0.4, -0.2) is 10.6 Å². The van der Waals surface area contributed by atoms with E-state index in [0.29, 0.717) is 0 Å². The number of aliphatic imine (C=N–C) groups is 1. The van der Waals surface area contributed by atoms with E-state index in [9.17, 15) is 0 Å². The molecule has 13 heavy (non-hydrogen) atoms. The second-order valence-electron chi connectivity index (χ2n) is 3.06. The van der Waals surface area contributed by atoms with Gasteiger partial charge in [-0.05, 0) is 30.8 Å². The number of hydrogen-bond acceptors (Lipinski definition) is 2. The van der Waals surface area contributed by atoms with Crippen molar-refractivity contribution >= 4 is 28.5 Å². The highest BCUT2D eigenvalue weighted by atomic mass is 32.1. The molecule has 0 amide bonds. The fraction of sp³-hybridized carbons (Fsp3) is 0.273. The normalized spacial score (nSPS) is 11.4. The van der Waals surface area contributed by atoms with Crippen molar-refractivity contribution in [2.24, 2.45) is 4.99 Å². The maximum absolute atomic E-state index is 5.01. The number of hydrogen-bond donors (Lipinski definition) is 0. The van der Waals surface area contributed by atoms with Crippen LogP contribution in [0.15, 0.2) is 35.3 Å². The van der Waals surface area contributed by atoms with Crippen molar-refractivity contribution in [3.8, 4) is 0 Å². The van der Waals surface area contributed by atoms with Crippen LogP contribution in [0.25, 0.3) is 0 Å². The molecule has 0 spiro atoms. The minimum atomic E-state index is 0.810. The first-order valence-electron chi connectivity index (χ1n) is 4.27. The van der Waals surface area contributed by atoms with E-state index in [1.807, 2.05) is 44.2 Å². The molecular formula is C11H13NS. The number of nitrogens with zero attached hydrogens (tertiary/aromatic N) is 1. The second kappa shape index (κ2) is 4.87. The van der Waals surface area contributed by atoms with Gasteiger partial charge in [-0.3, -0.25) is 4.99 Å². The van der Waals surface area contributed by atoms with E-state index in [1.54, 1.807) is 0 Å². The summed E-state index contributed by atoms with van der Waals surface area (Å²) >= 11 is 5.01. The summed E-state index contributed by atoms with van der Waals surface area (Å²) < 4.78 is 0. The third-order valence-electron chi connectivity index (χ3n) is 1.58. The summed E-state index contributed by atoms with van der Waals surface area (Å²) in [5, 5.41) is 0. The second-order valence-corrected chi connectivity index (χ2v) is 3.76. The van der Waals surface area contributed by atoms with Gasteiger partial charge >= 0.3 is 0 Å². The third-order valence-corrected chi connectivity index (χ3v) is 1.73. The van der Waals surface area contributed by atoms with Crippen molar-refractivity contribution in [1.82, 2.24) is 0 Å². The molecule has 0 fully saturated rings. The fourth-order valence-corrected chi connectivity index (χ4v) is 1.33. The largest absolute Gasteiger partial charge is 0.258 e. The van der Waals surface area contributed by atoms with E-state index in [-0.39, 0.29) is 0 Å². The number of para-hydroxylation sites is 1. The van der Waals surface area contributed by atoms with E-state index >= 15 is 0 Å². The topological polar surface area (TPSA) is 12.4 Å². The van der Waals surface area contributed by atoms with Gasteiger partial charge in [-0.2, -0.15) is 0 Å². The Balaban J connectivity index is 2.71. The molecule has 0 aliphatic carbocycles. The number of benzene rings is 1. The van der Waals surface area contributed by atoms with E-state index in [4.69, 9.17) is 12.2 Å². The lowest BCUT2D eigenvalue weighted by Gasteiger charge is -1.98. The maximum atomic E-state index is 5.01. The first kappa shape index (κ1) is 10.1. The summed E-state index contributed by atoms with van der Waals surface area (Å²) in [4.78, 5) is 5.41. The smallest absolute Gasteiger partial charge is 0.0629 e. The van der Waals surface area contributed by atoms with E-state index in [0.717, 1.165) is 22.7 Å². The molecule has 0 aliphatic rings. The van der Waals surface area contributed by atoms with Crippen molar-refractivity contribution in [1.29, 1.82) is 0 Å². The molecule has 1 nitrogen and oxygen atoms in total. The molecule has 0 bridgehead atoms. The highest BCUT2D eigenvalue weighted by Crippen LogP contribution is 2.10. The minimum absolute atomic E-state index is 0.810. The molecule has 0 heterocycles. The standard InChI is InChI=1S/C11H13NS/c1-9(8-10(2)13)12-11-6-4-3-5-7-11/h3-7H,8H2,1-2H3.